The molecule has 0 spiro atoms. The standard InChI is InChI=1S/C28H31N5O2S/c1-17(34)33-11-10-18(16-33)14-29-26(35)24-13-22-23(36-24)9-8-19-15-30-27(32-25(19)22)31-21-7-5-6-20(12-21)28(2,3)4/h5-9,12-13,15,18H,10-11,14,16H2,1-4H3,(H,29,35)(H,30,31,32). The Hall–Kier alpha value is -3.52. The maximum Gasteiger partial charge on any atom is 0.261 e. The summed E-state index contributed by atoms with van der Waals surface area (Å²) in [6.45, 7) is 10.2. The normalized spacial score (nSPS) is 16.0. The Morgan fingerprint density at radius 3 is 2.75 bits per heavy atom. The molecule has 2 aromatic heterocycles. The van der Waals surface area contributed by atoms with Crippen LogP contribution in [0.4, 0.5) is 11.6 Å². The van der Waals surface area contributed by atoms with Gasteiger partial charge in [0.15, 0.2) is 0 Å². The fraction of sp³-hybridized carbons (Fsp3) is 0.357. The topological polar surface area (TPSA) is 87.2 Å². The maximum atomic E-state index is 12.9. The van der Waals surface area contributed by atoms with E-state index >= 15 is 0 Å². The Bertz CT molecular complexity index is 1460. The van der Waals surface area contributed by atoms with Gasteiger partial charge in [0.1, 0.15) is 0 Å². The van der Waals surface area contributed by atoms with Gasteiger partial charge in [0, 0.05) is 53.9 Å². The molecule has 1 unspecified atom stereocenters. The van der Waals surface area contributed by atoms with Gasteiger partial charge in [-0.1, -0.05) is 32.9 Å². The lowest BCUT2D eigenvalue weighted by atomic mass is 9.87. The number of benzene rings is 2. The molecule has 0 saturated carbocycles. The van der Waals surface area contributed by atoms with E-state index in [4.69, 9.17) is 4.98 Å². The summed E-state index contributed by atoms with van der Waals surface area (Å²) in [4.78, 5) is 36.3. The van der Waals surface area contributed by atoms with Gasteiger partial charge in [-0.3, -0.25) is 9.59 Å². The summed E-state index contributed by atoms with van der Waals surface area (Å²) in [5, 5.41) is 8.27. The molecule has 0 bridgehead atoms. The van der Waals surface area contributed by atoms with E-state index in [9.17, 15) is 9.59 Å². The van der Waals surface area contributed by atoms with Gasteiger partial charge in [-0.25, -0.2) is 9.97 Å². The second kappa shape index (κ2) is 9.50. The van der Waals surface area contributed by atoms with E-state index in [1.165, 1.54) is 16.9 Å². The van der Waals surface area contributed by atoms with Crippen LogP contribution in [-0.2, 0) is 10.2 Å². The first kappa shape index (κ1) is 24.2. The molecule has 1 aliphatic rings. The minimum Gasteiger partial charge on any atom is -0.351 e. The predicted molar refractivity (Wildman–Crippen MR) is 146 cm³/mol. The lowest BCUT2D eigenvalue weighted by Crippen LogP contribution is -2.31. The quantitative estimate of drug-likeness (QED) is 0.378. The Morgan fingerprint density at radius 2 is 2.00 bits per heavy atom. The van der Waals surface area contributed by atoms with Crippen LogP contribution in [0.25, 0.3) is 21.0 Å². The molecule has 1 atom stereocenters. The number of likely N-dealkylation sites (tertiary alicyclic amines) is 1. The number of rotatable bonds is 5. The summed E-state index contributed by atoms with van der Waals surface area (Å²) in [6.07, 6.45) is 2.73. The molecule has 36 heavy (non-hydrogen) atoms. The average molecular weight is 502 g/mol. The molecule has 186 valence electrons. The van der Waals surface area contributed by atoms with E-state index in [0.29, 0.717) is 29.8 Å². The number of carbonyl (C=O) groups excluding carboxylic acids is 2. The highest BCUT2D eigenvalue weighted by Gasteiger charge is 2.25. The van der Waals surface area contributed by atoms with Crippen molar-refractivity contribution in [3.8, 4) is 0 Å². The molecule has 5 rings (SSSR count). The minimum atomic E-state index is -0.0861. The van der Waals surface area contributed by atoms with Crippen LogP contribution in [0.15, 0.2) is 48.7 Å². The molecule has 0 aliphatic carbocycles. The summed E-state index contributed by atoms with van der Waals surface area (Å²) in [7, 11) is 0. The Balaban J connectivity index is 1.36. The van der Waals surface area contributed by atoms with Gasteiger partial charge in [-0.2, -0.15) is 0 Å². The number of hydrogen-bond donors (Lipinski definition) is 2. The van der Waals surface area contributed by atoms with Crippen molar-refractivity contribution in [3.63, 3.8) is 0 Å². The molecule has 7 nitrogen and oxygen atoms in total. The van der Waals surface area contributed by atoms with E-state index in [1.54, 1.807) is 6.92 Å². The van der Waals surface area contributed by atoms with E-state index in [2.05, 4.69) is 48.5 Å². The summed E-state index contributed by atoms with van der Waals surface area (Å²) in [5.74, 6) is 0.829. The molecule has 8 heteroatoms. The first-order valence-corrected chi connectivity index (χ1v) is 13.1. The fourth-order valence-corrected chi connectivity index (χ4v) is 5.56. The van der Waals surface area contributed by atoms with Gasteiger partial charge in [-0.05, 0) is 53.6 Å². The van der Waals surface area contributed by atoms with Crippen LogP contribution in [0.2, 0.25) is 0 Å². The monoisotopic (exact) mass is 501 g/mol. The number of carbonyl (C=O) groups is 2. The summed E-state index contributed by atoms with van der Waals surface area (Å²) in [5.41, 5.74) is 3.04. The number of anilines is 2. The number of aromatic nitrogens is 2. The number of nitrogens with zero attached hydrogens (tertiary/aromatic N) is 3. The van der Waals surface area contributed by atoms with Crippen LogP contribution in [0.1, 0.15) is 49.4 Å². The molecule has 2 amide bonds. The molecule has 3 heterocycles. The van der Waals surface area contributed by atoms with E-state index in [-0.39, 0.29) is 17.2 Å². The lowest BCUT2D eigenvalue weighted by Gasteiger charge is -2.19. The van der Waals surface area contributed by atoms with Crippen molar-refractivity contribution in [2.45, 2.75) is 39.5 Å². The summed E-state index contributed by atoms with van der Waals surface area (Å²) < 4.78 is 1.01. The second-order valence-electron chi connectivity index (χ2n) is 10.5. The minimum absolute atomic E-state index is 0.0479. The number of amides is 2. The molecular formula is C28H31N5O2S. The van der Waals surface area contributed by atoms with Crippen LogP contribution in [0.5, 0.6) is 0 Å². The zero-order valence-corrected chi connectivity index (χ0v) is 21.9. The summed E-state index contributed by atoms with van der Waals surface area (Å²) >= 11 is 1.47. The molecule has 1 saturated heterocycles. The fourth-order valence-electron chi connectivity index (χ4n) is 4.58. The van der Waals surface area contributed by atoms with Gasteiger partial charge in [0.2, 0.25) is 11.9 Å². The Kier molecular flexibility index (Phi) is 6.38. The largest absolute Gasteiger partial charge is 0.351 e. The molecule has 0 radical (unpaired) electrons. The van der Waals surface area contributed by atoms with Crippen molar-refractivity contribution in [2.75, 3.05) is 25.0 Å². The van der Waals surface area contributed by atoms with Crippen molar-refractivity contribution in [1.82, 2.24) is 20.2 Å². The first-order valence-electron chi connectivity index (χ1n) is 12.3. The van der Waals surface area contributed by atoms with Crippen LogP contribution < -0.4 is 10.6 Å². The highest BCUT2D eigenvalue weighted by atomic mass is 32.1. The van der Waals surface area contributed by atoms with E-state index in [0.717, 1.165) is 39.6 Å². The van der Waals surface area contributed by atoms with Gasteiger partial charge >= 0.3 is 0 Å². The number of thiophene rings is 1. The smallest absolute Gasteiger partial charge is 0.261 e. The van der Waals surface area contributed by atoms with Gasteiger partial charge in [-0.15, -0.1) is 11.3 Å². The van der Waals surface area contributed by atoms with Crippen molar-refractivity contribution in [2.24, 2.45) is 5.92 Å². The lowest BCUT2D eigenvalue weighted by molar-refractivity contribution is -0.127. The maximum absolute atomic E-state index is 12.9. The van der Waals surface area contributed by atoms with Crippen molar-refractivity contribution in [1.29, 1.82) is 0 Å². The molecule has 1 aliphatic heterocycles. The average Bonchev–Trinajstić information content (AvgIpc) is 3.50. The second-order valence-corrected chi connectivity index (χ2v) is 11.6. The molecular weight excluding hydrogens is 470 g/mol. The third-order valence-corrected chi connectivity index (χ3v) is 7.84. The van der Waals surface area contributed by atoms with Crippen molar-refractivity contribution >= 4 is 55.8 Å². The van der Waals surface area contributed by atoms with Gasteiger partial charge in [0.25, 0.3) is 5.91 Å². The van der Waals surface area contributed by atoms with Gasteiger partial charge in [0.05, 0.1) is 10.4 Å². The molecule has 4 aromatic rings. The van der Waals surface area contributed by atoms with Crippen LogP contribution in [0.3, 0.4) is 0 Å². The SMILES string of the molecule is CC(=O)N1CCC(CNC(=O)c2cc3c(ccc4cnc(Nc5cccc(C(C)(C)C)c5)nc43)s2)C1. The third-order valence-electron chi connectivity index (χ3n) is 6.74. The zero-order valence-electron chi connectivity index (χ0n) is 21.1. The van der Waals surface area contributed by atoms with Crippen molar-refractivity contribution in [3.05, 3.63) is 59.1 Å². The van der Waals surface area contributed by atoms with Crippen molar-refractivity contribution < 1.29 is 9.59 Å². The Morgan fingerprint density at radius 1 is 1.17 bits per heavy atom. The highest BCUT2D eigenvalue weighted by molar-refractivity contribution is 7.21. The first-order chi connectivity index (χ1) is 17.2. The predicted octanol–water partition coefficient (Wildman–Crippen LogP) is 5.48. The molecule has 2 aromatic carbocycles. The van der Waals surface area contributed by atoms with Crippen LogP contribution in [0, 0.1) is 5.92 Å². The number of hydrogen-bond acceptors (Lipinski definition) is 6. The van der Waals surface area contributed by atoms with Gasteiger partial charge < -0.3 is 15.5 Å². The number of fused-ring (bicyclic) bond motifs is 3. The Labute approximate surface area is 214 Å². The van der Waals surface area contributed by atoms with E-state index < -0.39 is 0 Å². The number of nitrogens with one attached hydrogen (secondary N) is 2. The summed E-state index contributed by atoms with van der Waals surface area (Å²) in [6, 6.07) is 14.2. The molecule has 1 fully saturated rings. The molecule has 2 N–H and O–H groups in total. The van der Waals surface area contributed by atoms with Crippen LogP contribution in [-0.4, -0.2) is 46.3 Å². The van der Waals surface area contributed by atoms with Crippen LogP contribution >= 0.6 is 11.3 Å². The zero-order chi connectivity index (χ0) is 25.4. The highest BCUT2D eigenvalue weighted by Crippen LogP contribution is 2.32. The third kappa shape index (κ3) is 5.04. The van der Waals surface area contributed by atoms with E-state index in [1.807, 2.05) is 41.4 Å².